The van der Waals surface area contributed by atoms with Gasteiger partial charge < -0.3 is 31.6 Å². The molecule has 1 unspecified atom stereocenters. The first-order valence-corrected chi connectivity index (χ1v) is 20.6. The van der Waals surface area contributed by atoms with E-state index in [-0.39, 0.29) is 17.6 Å². The summed E-state index contributed by atoms with van der Waals surface area (Å²) < 4.78 is 7.68. The standard InChI is InChI=1S/C31H38ClIN7O2P.2C2H6/c1-17-10-24(38-43-33)22(14-35)26(27(17)32)25-18(2)40(37-28(25)20-6-7-23(36)19(11-20)8-9-34)21-12-31(13-21)15-39(16-31)29(41)42-30(3,4)5;2*1-2/h6-11,14,21,35,38,43H,12-13,15-16,34,36H2,1-5H3;2*1-2H3/b9-8-,35-14?;;. The van der Waals surface area contributed by atoms with Gasteiger partial charge in [-0.3, -0.25) is 4.68 Å². The quantitative estimate of drug-likeness (QED) is 0.0814. The number of ether oxygens (including phenoxy) is 1. The van der Waals surface area contributed by atoms with Gasteiger partial charge in [0.15, 0.2) is 0 Å². The number of rotatable bonds is 7. The van der Waals surface area contributed by atoms with Gasteiger partial charge in [-0.25, -0.2) is 4.79 Å². The number of nitrogens with two attached hydrogens (primary N) is 2. The van der Waals surface area contributed by atoms with Crippen LogP contribution in [-0.4, -0.2) is 45.7 Å². The van der Waals surface area contributed by atoms with Crippen LogP contribution in [0.2, 0.25) is 5.02 Å². The fraction of sp³-hybridized carbons (Fsp3) is 0.457. The van der Waals surface area contributed by atoms with E-state index in [0.29, 0.717) is 30.2 Å². The van der Waals surface area contributed by atoms with Crippen molar-refractivity contribution in [1.29, 1.82) is 5.41 Å². The first kappa shape index (κ1) is 38.6. The summed E-state index contributed by atoms with van der Waals surface area (Å²) >= 11 is 9.35. The number of benzene rings is 2. The Morgan fingerprint density at radius 1 is 1.17 bits per heavy atom. The number of anilines is 2. The highest BCUT2D eigenvalue weighted by molar-refractivity contribution is 14.2. The van der Waals surface area contributed by atoms with Gasteiger partial charge in [0.05, 0.1) is 11.1 Å². The fourth-order valence-corrected chi connectivity index (χ4v) is 7.72. The van der Waals surface area contributed by atoms with E-state index in [1.54, 1.807) is 11.0 Å². The molecule has 12 heteroatoms. The normalized spacial score (nSPS) is 15.4. The van der Waals surface area contributed by atoms with E-state index in [1.165, 1.54) is 12.4 Å². The molecule has 47 heavy (non-hydrogen) atoms. The number of hydrogen-bond donors (Lipinski definition) is 4. The number of carbonyl (C=O) groups is 1. The van der Waals surface area contributed by atoms with Crippen molar-refractivity contribution >= 4 is 69.8 Å². The topological polar surface area (TPSA) is 135 Å². The third-order valence-electron chi connectivity index (χ3n) is 8.24. The van der Waals surface area contributed by atoms with E-state index in [2.05, 4.69) is 38.7 Å². The second kappa shape index (κ2) is 16.1. The Kier molecular flexibility index (Phi) is 13.2. The van der Waals surface area contributed by atoms with Crippen LogP contribution in [0, 0.1) is 24.7 Å². The molecule has 1 amide bonds. The molecule has 1 saturated carbocycles. The second-order valence-corrected chi connectivity index (χ2v) is 15.0. The highest BCUT2D eigenvalue weighted by atomic mass is 127. The van der Waals surface area contributed by atoms with E-state index in [9.17, 15) is 4.79 Å². The zero-order chi connectivity index (χ0) is 35.3. The molecule has 1 spiro atoms. The minimum atomic E-state index is -0.512. The Bertz CT molecular complexity index is 1620. The van der Waals surface area contributed by atoms with Crippen molar-refractivity contribution in [2.24, 2.45) is 11.1 Å². The number of nitrogen functional groups attached to an aromatic ring is 1. The van der Waals surface area contributed by atoms with Crippen LogP contribution in [0.1, 0.15) is 89.7 Å². The number of carbonyl (C=O) groups excluding carboxylic acids is 1. The summed E-state index contributed by atoms with van der Waals surface area (Å²) in [6.07, 6.45) is 6.62. The molecule has 6 N–H and O–H groups in total. The summed E-state index contributed by atoms with van der Waals surface area (Å²) in [6.45, 7) is 19.1. The van der Waals surface area contributed by atoms with Crippen LogP contribution in [-0.2, 0) is 4.74 Å². The molecule has 1 aromatic heterocycles. The van der Waals surface area contributed by atoms with Gasteiger partial charge in [0, 0.05) is 70.4 Å². The molecular formula is C35H50ClIN7O2P. The lowest BCUT2D eigenvalue weighted by atomic mass is 9.61. The Labute approximate surface area is 300 Å². The van der Waals surface area contributed by atoms with Crippen molar-refractivity contribution in [3.8, 4) is 22.4 Å². The number of halogens is 2. The van der Waals surface area contributed by atoms with Crippen molar-refractivity contribution < 1.29 is 9.53 Å². The summed E-state index contributed by atoms with van der Waals surface area (Å²) in [4.78, 5) is 14.3. The van der Waals surface area contributed by atoms with Crippen molar-refractivity contribution in [3.63, 3.8) is 0 Å². The zero-order valence-corrected chi connectivity index (χ0v) is 32.9. The van der Waals surface area contributed by atoms with Crippen molar-refractivity contribution in [2.75, 3.05) is 23.9 Å². The van der Waals surface area contributed by atoms with Crippen LogP contribution in [0.3, 0.4) is 0 Å². The van der Waals surface area contributed by atoms with E-state index in [4.69, 9.17) is 38.3 Å². The number of aryl methyl sites for hydroxylation is 1. The molecule has 1 aliphatic carbocycles. The van der Waals surface area contributed by atoms with Crippen LogP contribution >= 0.6 is 40.0 Å². The average molecular weight is 794 g/mol. The van der Waals surface area contributed by atoms with E-state index >= 15 is 0 Å². The molecule has 1 aliphatic heterocycles. The maximum absolute atomic E-state index is 12.6. The first-order valence-electron chi connectivity index (χ1n) is 16.1. The molecule has 2 aliphatic rings. The number of nitrogens with one attached hydrogen (secondary N) is 2. The minimum Gasteiger partial charge on any atom is -0.444 e. The molecule has 5 rings (SSSR count). The fourth-order valence-electron chi connectivity index (χ4n) is 6.29. The van der Waals surface area contributed by atoms with E-state index < -0.39 is 5.60 Å². The third-order valence-corrected chi connectivity index (χ3v) is 9.90. The summed E-state index contributed by atoms with van der Waals surface area (Å²) in [6, 6.07) is 7.98. The predicted molar refractivity (Wildman–Crippen MR) is 210 cm³/mol. The summed E-state index contributed by atoms with van der Waals surface area (Å²) in [5.41, 5.74) is 19.8. The zero-order valence-electron chi connectivity index (χ0n) is 29.0. The summed E-state index contributed by atoms with van der Waals surface area (Å²) in [5.74, 6) is 0. The van der Waals surface area contributed by atoms with Crippen LogP contribution in [0.4, 0.5) is 16.2 Å². The Balaban J connectivity index is 0.00000144. The van der Waals surface area contributed by atoms with Gasteiger partial charge in [-0.05, 0) is 111 Å². The molecule has 3 aromatic rings. The van der Waals surface area contributed by atoms with Crippen LogP contribution < -0.4 is 16.6 Å². The summed E-state index contributed by atoms with van der Waals surface area (Å²) in [5, 5.41) is 17.6. The van der Waals surface area contributed by atoms with Crippen LogP contribution in [0.25, 0.3) is 28.5 Å². The molecular weight excluding hydrogens is 744 g/mol. The number of likely N-dealkylation sites (tertiary alicyclic amines) is 1. The van der Waals surface area contributed by atoms with Crippen molar-refractivity contribution in [2.45, 2.75) is 86.8 Å². The van der Waals surface area contributed by atoms with Crippen molar-refractivity contribution in [3.05, 3.63) is 57.9 Å². The molecule has 256 valence electrons. The van der Waals surface area contributed by atoms with Gasteiger partial charge >= 0.3 is 6.09 Å². The molecule has 0 bridgehead atoms. The first-order chi connectivity index (χ1) is 22.3. The van der Waals surface area contributed by atoms with Gasteiger partial charge in [-0.15, -0.1) is 0 Å². The Morgan fingerprint density at radius 2 is 1.81 bits per heavy atom. The molecule has 2 fully saturated rings. The van der Waals surface area contributed by atoms with Gasteiger partial charge in [0.1, 0.15) is 11.3 Å². The van der Waals surface area contributed by atoms with Gasteiger partial charge in [0.25, 0.3) is 0 Å². The highest BCUT2D eigenvalue weighted by Gasteiger charge is 2.55. The number of nitrogens with zero attached hydrogens (tertiary/aromatic N) is 3. The smallest absolute Gasteiger partial charge is 0.410 e. The van der Waals surface area contributed by atoms with E-state index in [0.717, 1.165) is 63.3 Å². The lowest BCUT2D eigenvalue weighted by molar-refractivity contribution is -0.0930. The van der Waals surface area contributed by atoms with Gasteiger partial charge in [-0.2, -0.15) is 5.10 Å². The average Bonchev–Trinajstić information content (AvgIpc) is 3.32. The molecule has 2 aromatic carbocycles. The Hall–Kier alpha value is -2.82. The lowest BCUT2D eigenvalue weighted by Crippen LogP contribution is -2.64. The van der Waals surface area contributed by atoms with Gasteiger partial charge in [0.2, 0.25) is 0 Å². The monoisotopic (exact) mass is 793 g/mol. The molecule has 1 atom stereocenters. The molecule has 2 heterocycles. The largest absolute Gasteiger partial charge is 0.444 e. The Morgan fingerprint density at radius 3 is 2.36 bits per heavy atom. The number of hydrogen-bond acceptors (Lipinski definition) is 7. The summed E-state index contributed by atoms with van der Waals surface area (Å²) in [7, 11) is 0. The predicted octanol–water partition coefficient (Wildman–Crippen LogP) is 9.98. The van der Waals surface area contributed by atoms with Gasteiger partial charge in [-0.1, -0.05) is 45.4 Å². The highest BCUT2D eigenvalue weighted by Crippen LogP contribution is 2.55. The van der Waals surface area contributed by atoms with Crippen LogP contribution in [0.15, 0.2) is 30.5 Å². The van der Waals surface area contributed by atoms with Crippen LogP contribution in [0.5, 0.6) is 0 Å². The number of amides is 1. The molecule has 9 nitrogen and oxygen atoms in total. The van der Waals surface area contributed by atoms with Crippen molar-refractivity contribution in [1.82, 2.24) is 14.7 Å². The third kappa shape index (κ3) is 8.08. The van der Waals surface area contributed by atoms with E-state index in [1.807, 2.05) is 79.7 Å². The lowest BCUT2D eigenvalue weighted by Gasteiger charge is -2.58. The minimum absolute atomic E-state index is 0.0833. The number of aromatic nitrogens is 2. The SMILES string of the molecule is CC.CC.Cc1cc(NPI)c(C=N)c(-c2c(-c3ccc(N)c(/C=C\N)c3)nn(C3CC4(C3)CN(C(=O)OC(C)(C)C)C4)c2C)c1Cl. The maximum atomic E-state index is 12.6. The molecule has 0 radical (unpaired) electrons. The second-order valence-electron chi connectivity index (χ2n) is 12.6. The molecule has 1 saturated heterocycles. The maximum Gasteiger partial charge on any atom is 0.410 e.